The average Bonchev–Trinajstić information content (AvgIpc) is 2.59. The van der Waals surface area contributed by atoms with Gasteiger partial charge in [0.05, 0.1) is 5.41 Å². The molecule has 1 aliphatic heterocycles. The summed E-state index contributed by atoms with van der Waals surface area (Å²) in [5.41, 5.74) is 3.00. The average molecular weight is 272 g/mol. The lowest BCUT2D eigenvalue weighted by atomic mass is 9.78. The van der Waals surface area contributed by atoms with Crippen molar-refractivity contribution < 1.29 is 4.79 Å². The Kier molecular flexibility index (Phi) is 3.33. The van der Waals surface area contributed by atoms with Crippen molar-refractivity contribution in [2.24, 2.45) is 5.92 Å². The molecule has 1 aromatic rings. The van der Waals surface area contributed by atoms with Crippen molar-refractivity contribution >= 4 is 11.6 Å². The SMILES string of the molecule is CNC(CC1CCC1)c1ccc2c(c1)C(C)(C)C(=O)N2. The molecule has 2 N–H and O–H groups in total. The van der Waals surface area contributed by atoms with E-state index < -0.39 is 5.41 Å². The Morgan fingerprint density at radius 3 is 2.75 bits per heavy atom. The quantitative estimate of drug-likeness (QED) is 0.882. The number of amides is 1. The lowest BCUT2D eigenvalue weighted by Crippen LogP contribution is -2.27. The summed E-state index contributed by atoms with van der Waals surface area (Å²) in [6, 6.07) is 6.83. The highest BCUT2D eigenvalue weighted by Crippen LogP contribution is 2.40. The van der Waals surface area contributed by atoms with Crippen molar-refractivity contribution in [1.29, 1.82) is 0 Å². The fraction of sp³-hybridized carbons (Fsp3) is 0.588. The van der Waals surface area contributed by atoms with Gasteiger partial charge in [-0.15, -0.1) is 0 Å². The number of rotatable bonds is 4. The van der Waals surface area contributed by atoms with Crippen LogP contribution in [-0.2, 0) is 10.2 Å². The van der Waals surface area contributed by atoms with E-state index in [2.05, 4.69) is 28.8 Å². The van der Waals surface area contributed by atoms with Crippen molar-refractivity contribution in [3.8, 4) is 0 Å². The van der Waals surface area contributed by atoms with Crippen LogP contribution in [-0.4, -0.2) is 13.0 Å². The number of carbonyl (C=O) groups is 1. The smallest absolute Gasteiger partial charge is 0.234 e. The van der Waals surface area contributed by atoms with Crippen LogP contribution in [0.5, 0.6) is 0 Å². The summed E-state index contributed by atoms with van der Waals surface area (Å²) in [4.78, 5) is 12.0. The minimum Gasteiger partial charge on any atom is -0.325 e. The molecule has 20 heavy (non-hydrogen) atoms. The molecule has 1 aliphatic carbocycles. The van der Waals surface area contributed by atoms with Gasteiger partial charge >= 0.3 is 0 Å². The number of nitrogens with one attached hydrogen (secondary N) is 2. The van der Waals surface area contributed by atoms with Crippen LogP contribution in [0.4, 0.5) is 5.69 Å². The molecule has 1 aromatic carbocycles. The highest BCUT2D eigenvalue weighted by atomic mass is 16.2. The highest BCUT2D eigenvalue weighted by molar-refractivity contribution is 6.05. The number of fused-ring (bicyclic) bond motifs is 1. The first kappa shape index (κ1) is 13.6. The molecular formula is C17H24N2O. The topological polar surface area (TPSA) is 41.1 Å². The molecule has 3 nitrogen and oxygen atoms in total. The molecule has 3 heteroatoms. The Balaban J connectivity index is 1.87. The monoisotopic (exact) mass is 272 g/mol. The minimum atomic E-state index is -0.417. The number of hydrogen-bond acceptors (Lipinski definition) is 2. The summed E-state index contributed by atoms with van der Waals surface area (Å²) in [5, 5.41) is 6.42. The maximum Gasteiger partial charge on any atom is 0.234 e. The van der Waals surface area contributed by atoms with Crippen LogP contribution in [0.25, 0.3) is 0 Å². The summed E-state index contributed by atoms with van der Waals surface area (Å²) >= 11 is 0. The number of carbonyl (C=O) groups excluding carboxylic acids is 1. The molecule has 1 fully saturated rings. The summed E-state index contributed by atoms with van der Waals surface area (Å²) in [6.45, 7) is 4.00. The van der Waals surface area contributed by atoms with Crippen molar-refractivity contribution in [2.75, 3.05) is 12.4 Å². The van der Waals surface area contributed by atoms with E-state index in [-0.39, 0.29) is 5.91 Å². The lowest BCUT2D eigenvalue weighted by Gasteiger charge is -2.30. The minimum absolute atomic E-state index is 0.102. The Morgan fingerprint density at radius 1 is 1.40 bits per heavy atom. The van der Waals surface area contributed by atoms with Crippen LogP contribution < -0.4 is 10.6 Å². The van der Waals surface area contributed by atoms with Gasteiger partial charge in [-0.2, -0.15) is 0 Å². The van der Waals surface area contributed by atoms with Crippen LogP contribution in [0, 0.1) is 5.92 Å². The highest BCUT2D eigenvalue weighted by Gasteiger charge is 2.38. The molecule has 1 saturated carbocycles. The summed E-state index contributed by atoms with van der Waals surface area (Å²) in [6.07, 6.45) is 5.33. The second kappa shape index (κ2) is 4.88. The first-order chi connectivity index (χ1) is 9.52. The Bertz CT molecular complexity index is 532. The van der Waals surface area contributed by atoms with Gasteiger partial charge in [0.25, 0.3) is 0 Å². The van der Waals surface area contributed by atoms with Crippen LogP contribution in [0.3, 0.4) is 0 Å². The van der Waals surface area contributed by atoms with E-state index in [0.29, 0.717) is 6.04 Å². The summed E-state index contributed by atoms with van der Waals surface area (Å²) in [7, 11) is 2.03. The van der Waals surface area contributed by atoms with E-state index in [9.17, 15) is 4.79 Å². The molecule has 0 bridgehead atoms. The van der Waals surface area contributed by atoms with Crippen molar-refractivity contribution in [3.05, 3.63) is 29.3 Å². The normalized spacial score (nSPS) is 22.1. The van der Waals surface area contributed by atoms with Crippen molar-refractivity contribution in [1.82, 2.24) is 5.32 Å². The molecule has 2 aliphatic rings. The van der Waals surface area contributed by atoms with Crippen LogP contribution in [0.2, 0.25) is 0 Å². The molecule has 108 valence electrons. The van der Waals surface area contributed by atoms with Crippen LogP contribution in [0.1, 0.15) is 56.7 Å². The van der Waals surface area contributed by atoms with Gasteiger partial charge in [0.2, 0.25) is 5.91 Å². The third kappa shape index (κ3) is 2.14. The first-order valence-electron chi connectivity index (χ1n) is 7.65. The maximum atomic E-state index is 12.0. The Labute approximate surface area is 121 Å². The van der Waals surface area contributed by atoms with Crippen LogP contribution >= 0.6 is 0 Å². The first-order valence-corrected chi connectivity index (χ1v) is 7.65. The second-order valence-corrected chi connectivity index (χ2v) is 6.76. The van der Waals surface area contributed by atoms with E-state index in [1.807, 2.05) is 20.9 Å². The zero-order valence-corrected chi connectivity index (χ0v) is 12.6. The Morgan fingerprint density at radius 2 is 2.15 bits per heavy atom. The predicted octanol–water partition coefficient (Wildman–Crippen LogP) is 3.37. The third-order valence-electron chi connectivity index (χ3n) is 5.08. The standard InChI is InChI=1S/C17H24N2O/c1-17(2)13-10-12(7-8-14(13)19-16(17)20)15(18-3)9-11-5-4-6-11/h7-8,10-11,15,18H,4-6,9H2,1-3H3,(H,19,20). The third-order valence-corrected chi connectivity index (χ3v) is 5.08. The zero-order valence-electron chi connectivity index (χ0n) is 12.6. The van der Waals surface area contributed by atoms with E-state index in [1.165, 1.54) is 31.2 Å². The molecule has 0 radical (unpaired) electrons. The number of benzene rings is 1. The maximum absolute atomic E-state index is 12.0. The van der Waals surface area contributed by atoms with Crippen molar-refractivity contribution in [3.63, 3.8) is 0 Å². The second-order valence-electron chi connectivity index (χ2n) is 6.76. The van der Waals surface area contributed by atoms with Gasteiger partial charge in [-0.3, -0.25) is 4.79 Å². The van der Waals surface area contributed by atoms with Crippen molar-refractivity contribution in [2.45, 2.75) is 51.0 Å². The summed E-state index contributed by atoms with van der Waals surface area (Å²) < 4.78 is 0. The molecule has 1 atom stereocenters. The molecular weight excluding hydrogens is 248 g/mol. The molecule has 0 aromatic heterocycles. The number of hydrogen-bond donors (Lipinski definition) is 2. The fourth-order valence-electron chi connectivity index (χ4n) is 3.29. The molecule has 0 saturated heterocycles. The molecule has 1 unspecified atom stereocenters. The fourth-order valence-corrected chi connectivity index (χ4v) is 3.29. The molecule has 0 spiro atoms. The van der Waals surface area contributed by atoms with Gasteiger partial charge in [-0.1, -0.05) is 31.4 Å². The molecule has 1 amide bonds. The molecule has 1 heterocycles. The van der Waals surface area contributed by atoms with Gasteiger partial charge in [0.15, 0.2) is 0 Å². The summed E-state index contributed by atoms with van der Waals surface area (Å²) in [5.74, 6) is 0.970. The van der Waals surface area contributed by atoms with Gasteiger partial charge < -0.3 is 10.6 Å². The van der Waals surface area contributed by atoms with E-state index >= 15 is 0 Å². The zero-order chi connectivity index (χ0) is 14.3. The van der Waals surface area contributed by atoms with Gasteiger partial charge in [0.1, 0.15) is 0 Å². The number of anilines is 1. The van der Waals surface area contributed by atoms with E-state index in [0.717, 1.165) is 17.2 Å². The van der Waals surface area contributed by atoms with Gasteiger partial charge in [-0.25, -0.2) is 0 Å². The predicted molar refractivity (Wildman–Crippen MR) is 81.9 cm³/mol. The van der Waals surface area contributed by atoms with Gasteiger partial charge in [-0.05, 0) is 50.4 Å². The lowest BCUT2D eigenvalue weighted by molar-refractivity contribution is -0.119. The van der Waals surface area contributed by atoms with Gasteiger partial charge in [0, 0.05) is 11.7 Å². The molecule has 3 rings (SSSR count). The van der Waals surface area contributed by atoms with Crippen LogP contribution in [0.15, 0.2) is 18.2 Å². The van der Waals surface area contributed by atoms with E-state index in [1.54, 1.807) is 0 Å². The van der Waals surface area contributed by atoms with E-state index in [4.69, 9.17) is 0 Å². The largest absolute Gasteiger partial charge is 0.325 e. The Hall–Kier alpha value is -1.35.